The van der Waals surface area contributed by atoms with E-state index < -0.39 is 0 Å². The largest absolute Gasteiger partial charge is 0.336 e. The fraction of sp³-hybridized carbons (Fsp3) is 0.467. The molecule has 2 unspecified atom stereocenters. The van der Waals surface area contributed by atoms with E-state index >= 15 is 0 Å². The van der Waals surface area contributed by atoms with Crippen molar-refractivity contribution in [3.63, 3.8) is 0 Å². The van der Waals surface area contributed by atoms with Crippen molar-refractivity contribution < 1.29 is 4.79 Å². The van der Waals surface area contributed by atoms with E-state index in [9.17, 15) is 4.79 Å². The monoisotopic (exact) mass is 300 g/mol. The summed E-state index contributed by atoms with van der Waals surface area (Å²) in [5.41, 5.74) is 1.44. The van der Waals surface area contributed by atoms with Gasteiger partial charge in [-0.1, -0.05) is 18.1 Å². The van der Waals surface area contributed by atoms with Gasteiger partial charge in [-0.25, -0.2) is 0 Å². The number of aromatic nitrogens is 4. The number of hydrogen-bond acceptors (Lipinski definition) is 5. The van der Waals surface area contributed by atoms with Gasteiger partial charge >= 0.3 is 0 Å². The Kier molecular flexibility index (Phi) is 4.04. The molecule has 22 heavy (non-hydrogen) atoms. The second-order valence-electron chi connectivity index (χ2n) is 5.93. The van der Waals surface area contributed by atoms with Crippen LogP contribution in [0.1, 0.15) is 37.0 Å². The first-order valence-corrected chi connectivity index (χ1v) is 7.55. The minimum Gasteiger partial charge on any atom is -0.336 e. The molecule has 7 nitrogen and oxygen atoms in total. The van der Waals surface area contributed by atoms with Crippen LogP contribution >= 0.6 is 0 Å². The summed E-state index contributed by atoms with van der Waals surface area (Å²) in [6.45, 7) is 5.13. The zero-order valence-corrected chi connectivity index (χ0v) is 12.8. The Morgan fingerprint density at radius 3 is 3.00 bits per heavy atom. The molecule has 2 N–H and O–H groups in total. The summed E-state index contributed by atoms with van der Waals surface area (Å²) >= 11 is 0. The van der Waals surface area contributed by atoms with Gasteiger partial charge in [0.2, 0.25) is 0 Å². The number of amides is 1. The Bertz CT molecular complexity index is 641. The van der Waals surface area contributed by atoms with E-state index in [4.69, 9.17) is 0 Å². The van der Waals surface area contributed by atoms with Crippen LogP contribution in [-0.4, -0.2) is 44.0 Å². The molecule has 116 valence electrons. The molecule has 1 aliphatic heterocycles. The molecule has 2 atom stereocenters. The minimum atomic E-state index is 0.0795. The van der Waals surface area contributed by atoms with E-state index in [2.05, 4.69) is 39.8 Å². The first-order chi connectivity index (χ1) is 10.6. The van der Waals surface area contributed by atoms with E-state index in [1.54, 1.807) is 0 Å². The first-order valence-electron chi connectivity index (χ1n) is 7.55. The Labute approximate surface area is 129 Å². The number of rotatable bonds is 3. The van der Waals surface area contributed by atoms with E-state index in [0.29, 0.717) is 17.4 Å². The van der Waals surface area contributed by atoms with Crippen LogP contribution in [0, 0.1) is 5.92 Å². The molecule has 3 rings (SSSR count). The van der Waals surface area contributed by atoms with Gasteiger partial charge in [0.1, 0.15) is 0 Å². The number of tetrazole rings is 1. The zero-order chi connectivity index (χ0) is 15.5. The summed E-state index contributed by atoms with van der Waals surface area (Å²) in [4.78, 5) is 14.7. The molecule has 2 aromatic rings. The standard InChI is InChI=1S/C15H20N6O/c1-10-6-7-11(2)21(9-10)14(22)12-4-3-5-13(8-12)16-15-17-19-20-18-15/h3-5,8,10-11H,6-7,9H2,1-2H3,(H2,16,17,18,19,20). The number of piperidine rings is 1. The molecule has 1 saturated heterocycles. The van der Waals surface area contributed by atoms with Gasteiger partial charge in [0.05, 0.1) is 0 Å². The van der Waals surface area contributed by atoms with Gasteiger partial charge in [-0.2, -0.15) is 5.21 Å². The predicted octanol–water partition coefficient (Wildman–Crippen LogP) is 2.20. The van der Waals surface area contributed by atoms with Gasteiger partial charge in [-0.3, -0.25) is 4.79 Å². The lowest BCUT2D eigenvalue weighted by Crippen LogP contribution is -2.44. The van der Waals surface area contributed by atoms with Crippen LogP contribution in [0.3, 0.4) is 0 Å². The zero-order valence-electron chi connectivity index (χ0n) is 12.8. The number of nitrogens with one attached hydrogen (secondary N) is 2. The topological polar surface area (TPSA) is 86.8 Å². The molecule has 1 aliphatic rings. The van der Waals surface area contributed by atoms with Crippen molar-refractivity contribution in [3.8, 4) is 0 Å². The van der Waals surface area contributed by atoms with Crippen molar-refractivity contribution >= 4 is 17.5 Å². The summed E-state index contributed by atoms with van der Waals surface area (Å²) < 4.78 is 0. The normalized spacial score (nSPS) is 21.6. The quantitative estimate of drug-likeness (QED) is 0.907. The third-order valence-electron chi connectivity index (χ3n) is 4.09. The number of aromatic amines is 1. The minimum absolute atomic E-state index is 0.0795. The number of H-pyrrole nitrogens is 1. The molecule has 0 aliphatic carbocycles. The lowest BCUT2D eigenvalue weighted by atomic mass is 9.94. The Hall–Kier alpha value is -2.44. The number of benzene rings is 1. The number of nitrogens with zero attached hydrogens (tertiary/aromatic N) is 4. The maximum Gasteiger partial charge on any atom is 0.267 e. The highest BCUT2D eigenvalue weighted by Crippen LogP contribution is 2.24. The number of carbonyl (C=O) groups excluding carboxylic acids is 1. The summed E-state index contributed by atoms with van der Waals surface area (Å²) in [5, 5.41) is 16.6. The lowest BCUT2D eigenvalue weighted by molar-refractivity contribution is 0.0574. The highest BCUT2D eigenvalue weighted by molar-refractivity contribution is 5.95. The molecular formula is C15H20N6O. The maximum absolute atomic E-state index is 12.8. The number of hydrogen-bond donors (Lipinski definition) is 2. The molecule has 1 aromatic carbocycles. The van der Waals surface area contributed by atoms with E-state index in [1.165, 1.54) is 6.42 Å². The molecule has 1 amide bonds. The lowest BCUT2D eigenvalue weighted by Gasteiger charge is -2.37. The van der Waals surface area contributed by atoms with E-state index in [1.807, 2.05) is 29.2 Å². The molecule has 1 fully saturated rings. The first kappa shape index (κ1) is 14.5. The Balaban J connectivity index is 1.77. The third-order valence-corrected chi connectivity index (χ3v) is 4.09. The van der Waals surface area contributed by atoms with Crippen LogP contribution in [0.5, 0.6) is 0 Å². The fourth-order valence-corrected chi connectivity index (χ4v) is 2.81. The fourth-order valence-electron chi connectivity index (χ4n) is 2.81. The van der Waals surface area contributed by atoms with E-state index in [0.717, 1.165) is 18.7 Å². The van der Waals surface area contributed by atoms with Crippen molar-refractivity contribution in [2.24, 2.45) is 5.92 Å². The highest BCUT2D eigenvalue weighted by Gasteiger charge is 2.27. The third kappa shape index (κ3) is 3.08. The summed E-state index contributed by atoms with van der Waals surface area (Å²) in [5.74, 6) is 1.01. The van der Waals surface area contributed by atoms with Crippen LogP contribution in [0.2, 0.25) is 0 Å². The molecule has 0 saturated carbocycles. The van der Waals surface area contributed by atoms with Gasteiger partial charge in [0.25, 0.3) is 11.9 Å². The SMILES string of the molecule is CC1CCC(C)N(C(=O)c2cccc(Nc3nn[nH]n3)c2)C1. The molecule has 0 bridgehead atoms. The van der Waals surface area contributed by atoms with Gasteiger partial charge < -0.3 is 10.2 Å². The Morgan fingerprint density at radius 2 is 2.23 bits per heavy atom. The summed E-state index contributed by atoms with van der Waals surface area (Å²) in [6.07, 6.45) is 2.25. The smallest absolute Gasteiger partial charge is 0.267 e. The van der Waals surface area contributed by atoms with Crippen LogP contribution < -0.4 is 5.32 Å². The van der Waals surface area contributed by atoms with E-state index in [-0.39, 0.29) is 11.9 Å². The Morgan fingerprint density at radius 1 is 1.36 bits per heavy atom. The van der Waals surface area contributed by atoms with Crippen LogP contribution in [0.15, 0.2) is 24.3 Å². The maximum atomic E-state index is 12.8. The number of likely N-dealkylation sites (tertiary alicyclic amines) is 1. The molecule has 0 radical (unpaired) electrons. The molecule has 7 heteroatoms. The molecular weight excluding hydrogens is 280 g/mol. The number of anilines is 2. The number of carbonyl (C=O) groups is 1. The predicted molar refractivity (Wildman–Crippen MR) is 82.8 cm³/mol. The second-order valence-corrected chi connectivity index (χ2v) is 5.93. The van der Waals surface area contributed by atoms with Crippen LogP contribution in [0.4, 0.5) is 11.6 Å². The summed E-state index contributed by atoms with van der Waals surface area (Å²) in [6, 6.07) is 7.68. The van der Waals surface area contributed by atoms with Gasteiger partial charge in [-0.15, -0.1) is 5.10 Å². The van der Waals surface area contributed by atoms with Gasteiger partial charge in [0, 0.05) is 23.8 Å². The van der Waals surface area contributed by atoms with Crippen molar-refractivity contribution in [2.45, 2.75) is 32.7 Å². The molecule has 1 aromatic heterocycles. The molecule has 2 heterocycles. The second kappa shape index (κ2) is 6.13. The van der Waals surface area contributed by atoms with Crippen molar-refractivity contribution in [2.75, 3.05) is 11.9 Å². The molecule has 0 spiro atoms. The van der Waals surface area contributed by atoms with Gasteiger partial charge in [-0.05, 0) is 49.1 Å². The van der Waals surface area contributed by atoms with Crippen molar-refractivity contribution in [1.82, 2.24) is 25.5 Å². The average molecular weight is 300 g/mol. The van der Waals surface area contributed by atoms with Crippen LogP contribution in [-0.2, 0) is 0 Å². The van der Waals surface area contributed by atoms with Gasteiger partial charge in [0.15, 0.2) is 0 Å². The average Bonchev–Trinajstić information content (AvgIpc) is 3.02. The van der Waals surface area contributed by atoms with Crippen LogP contribution in [0.25, 0.3) is 0 Å². The van der Waals surface area contributed by atoms with Crippen molar-refractivity contribution in [1.29, 1.82) is 0 Å². The highest BCUT2D eigenvalue weighted by atomic mass is 16.2. The summed E-state index contributed by atoms with van der Waals surface area (Å²) in [7, 11) is 0. The van der Waals surface area contributed by atoms with Crippen molar-refractivity contribution in [3.05, 3.63) is 29.8 Å².